The first-order valence-corrected chi connectivity index (χ1v) is 5.55. The number of hydrogen-bond donors (Lipinski definition) is 0. The zero-order chi connectivity index (χ0) is 11.4. The Kier molecular flexibility index (Phi) is 3.30. The first kappa shape index (κ1) is 10.8. The van der Waals surface area contributed by atoms with Crippen molar-refractivity contribution in [3.8, 4) is 5.75 Å². The van der Waals surface area contributed by atoms with Gasteiger partial charge in [0.25, 0.3) is 0 Å². The molecule has 16 heavy (non-hydrogen) atoms. The molecule has 0 fully saturated rings. The fourth-order valence-corrected chi connectivity index (χ4v) is 1.65. The first-order valence-electron chi connectivity index (χ1n) is 5.55. The number of ether oxygens (including phenoxy) is 1. The Morgan fingerprint density at radius 3 is 2.62 bits per heavy atom. The second-order valence-electron chi connectivity index (χ2n) is 3.76. The van der Waals surface area contributed by atoms with Crippen LogP contribution in [0.25, 0.3) is 0 Å². The summed E-state index contributed by atoms with van der Waals surface area (Å²) in [7, 11) is 0. The summed E-state index contributed by atoms with van der Waals surface area (Å²) in [6.45, 7) is 4.55. The Morgan fingerprint density at radius 2 is 1.94 bits per heavy atom. The SMILES string of the molecule is CCc1ccccc1OCc1ccc(C)o1. The van der Waals surface area contributed by atoms with Gasteiger partial charge in [-0.05, 0) is 37.1 Å². The van der Waals surface area contributed by atoms with Crippen LogP contribution in [-0.2, 0) is 13.0 Å². The molecule has 0 unspecified atom stereocenters. The molecule has 2 rings (SSSR count). The van der Waals surface area contributed by atoms with Gasteiger partial charge in [0.2, 0.25) is 0 Å². The highest BCUT2D eigenvalue weighted by atomic mass is 16.5. The summed E-state index contributed by atoms with van der Waals surface area (Å²) in [5.74, 6) is 2.73. The molecule has 2 heteroatoms. The van der Waals surface area contributed by atoms with Crippen LogP contribution in [-0.4, -0.2) is 0 Å². The van der Waals surface area contributed by atoms with Crippen molar-refractivity contribution < 1.29 is 9.15 Å². The second-order valence-corrected chi connectivity index (χ2v) is 3.76. The van der Waals surface area contributed by atoms with Crippen molar-refractivity contribution >= 4 is 0 Å². The summed E-state index contributed by atoms with van der Waals surface area (Å²) in [6.07, 6.45) is 0.980. The van der Waals surface area contributed by atoms with E-state index in [-0.39, 0.29) is 0 Å². The maximum Gasteiger partial charge on any atom is 0.146 e. The van der Waals surface area contributed by atoms with E-state index in [1.165, 1.54) is 5.56 Å². The van der Waals surface area contributed by atoms with Gasteiger partial charge in [-0.25, -0.2) is 0 Å². The summed E-state index contributed by atoms with van der Waals surface area (Å²) >= 11 is 0. The molecule has 0 saturated carbocycles. The molecule has 0 N–H and O–H groups in total. The summed E-state index contributed by atoms with van der Waals surface area (Å²) in [6, 6.07) is 12.0. The highest BCUT2D eigenvalue weighted by molar-refractivity contribution is 5.33. The van der Waals surface area contributed by atoms with Crippen LogP contribution in [0.3, 0.4) is 0 Å². The maximum atomic E-state index is 5.73. The molecule has 84 valence electrons. The third-order valence-corrected chi connectivity index (χ3v) is 2.52. The molecule has 0 aliphatic heterocycles. The average molecular weight is 216 g/mol. The highest BCUT2D eigenvalue weighted by Crippen LogP contribution is 2.20. The zero-order valence-electron chi connectivity index (χ0n) is 9.69. The van der Waals surface area contributed by atoms with Gasteiger partial charge in [-0.2, -0.15) is 0 Å². The maximum absolute atomic E-state index is 5.73. The van der Waals surface area contributed by atoms with E-state index in [1.807, 2.05) is 37.3 Å². The van der Waals surface area contributed by atoms with Gasteiger partial charge in [-0.1, -0.05) is 25.1 Å². The minimum Gasteiger partial charge on any atom is -0.485 e. The molecule has 1 aromatic carbocycles. The molecule has 0 amide bonds. The van der Waals surface area contributed by atoms with Crippen molar-refractivity contribution in [1.29, 1.82) is 0 Å². The van der Waals surface area contributed by atoms with E-state index in [2.05, 4.69) is 13.0 Å². The number of aryl methyl sites for hydroxylation is 2. The lowest BCUT2D eigenvalue weighted by Gasteiger charge is -2.08. The normalized spacial score (nSPS) is 10.4. The molecule has 0 aliphatic carbocycles. The lowest BCUT2D eigenvalue weighted by Crippen LogP contribution is -1.96. The number of benzene rings is 1. The lowest BCUT2D eigenvalue weighted by molar-refractivity contribution is 0.265. The van der Waals surface area contributed by atoms with Crippen molar-refractivity contribution in [3.05, 3.63) is 53.5 Å². The molecule has 1 aromatic heterocycles. The van der Waals surface area contributed by atoms with Crippen molar-refractivity contribution in [1.82, 2.24) is 0 Å². The van der Waals surface area contributed by atoms with Crippen molar-refractivity contribution in [2.45, 2.75) is 26.9 Å². The Labute approximate surface area is 95.9 Å². The molecule has 0 spiro atoms. The van der Waals surface area contributed by atoms with Gasteiger partial charge in [0, 0.05) is 0 Å². The molecule has 2 aromatic rings. The van der Waals surface area contributed by atoms with E-state index < -0.39 is 0 Å². The zero-order valence-corrected chi connectivity index (χ0v) is 9.69. The summed E-state index contributed by atoms with van der Waals surface area (Å²) in [4.78, 5) is 0. The monoisotopic (exact) mass is 216 g/mol. The van der Waals surface area contributed by atoms with Crippen molar-refractivity contribution in [2.75, 3.05) is 0 Å². The van der Waals surface area contributed by atoms with Crippen LogP contribution in [0.5, 0.6) is 5.75 Å². The van der Waals surface area contributed by atoms with Crippen LogP contribution in [0.15, 0.2) is 40.8 Å². The molecule has 2 nitrogen and oxygen atoms in total. The topological polar surface area (TPSA) is 22.4 Å². The summed E-state index contributed by atoms with van der Waals surface area (Å²) in [5, 5.41) is 0. The largest absolute Gasteiger partial charge is 0.485 e. The fraction of sp³-hybridized carbons (Fsp3) is 0.286. The molecule has 0 aliphatic rings. The van der Waals surface area contributed by atoms with E-state index in [0.29, 0.717) is 6.61 Å². The number of furan rings is 1. The quantitative estimate of drug-likeness (QED) is 0.777. The van der Waals surface area contributed by atoms with E-state index >= 15 is 0 Å². The van der Waals surface area contributed by atoms with Crippen LogP contribution < -0.4 is 4.74 Å². The second kappa shape index (κ2) is 4.88. The van der Waals surface area contributed by atoms with Crippen LogP contribution in [0, 0.1) is 6.92 Å². The van der Waals surface area contributed by atoms with E-state index in [1.54, 1.807) is 0 Å². The first-order chi connectivity index (χ1) is 7.79. The summed E-state index contributed by atoms with van der Waals surface area (Å²) in [5.41, 5.74) is 1.23. The van der Waals surface area contributed by atoms with E-state index in [9.17, 15) is 0 Å². The van der Waals surface area contributed by atoms with Crippen LogP contribution in [0.4, 0.5) is 0 Å². The third kappa shape index (κ3) is 2.45. The molecule has 0 saturated heterocycles. The molecule has 0 atom stereocenters. The smallest absolute Gasteiger partial charge is 0.146 e. The third-order valence-electron chi connectivity index (χ3n) is 2.52. The average Bonchev–Trinajstić information content (AvgIpc) is 2.73. The van der Waals surface area contributed by atoms with Crippen molar-refractivity contribution in [3.63, 3.8) is 0 Å². The van der Waals surface area contributed by atoms with Gasteiger partial charge in [0.15, 0.2) is 0 Å². The van der Waals surface area contributed by atoms with Gasteiger partial charge >= 0.3 is 0 Å². The Morgan fingerprint density at radius 1 is 1.12 bits per heavy atom. The van der Waals surface area contributed by atoms with Crippen LogP contribution in [0.2, 0.25) is 0 Å². The van der Waals surface area contributed by atoms with Gasteiger partial charge in [0.05, 0.1) is 0 Å². The van der Waals surface area contributed by atoms with Crippen LogP contribution in [0.1, 0.15) is 24.0 Å². The number of para-hydroxylation sites is 1. The minimum absolute atomic E-state index is 0.491. The number of hydrogen-bond acceptors (Lipinski definition) is 2. The molecule has 0 bridgehead atoms. The van der Waals surface area contributed by atoms with Crippen molar-refractivity contribution in [2.24, 2.45) is 0 Å². The van der Waals surface area contributed by atoms with Gasteiger partial charge < -0.3 is 9.15 Å². The Hall–Kier alpha value is -1.70. The predicted octanol–water partition coefficient (Wildman–Crippen LogP) is 3.73. The van der Waals surface area contributed by atoms with Gasteiger partial charge in [-0.15, -0.1) is 0 Å². The van der Waals surface area contributed by atoms with Gasteiger partial charge in [0.1, 0.15) is 23.9 Å². The van der Waals surface area contributed by atoms with E-state index in [0.717, 1.165) is 23.7 Å². The lowest BCUT2D eigenvalue weighted by atomic mass is 10.1. The molecular weight excluding hydrogens is 200 g/mol. The Bertz CT molecular complexity index is 457. The summed E-state index contributed by atoms with van der Waals surface area (Å²) < 4.78 is 11.2. The molecule has 1 heterocycles. The van der Waals surface area contributed by atoms with E-state index in [4.69, 9.17) is 9.15 Å². The minimum atomic E-state index is 0.491. The standard InChI is InChI=1S/C14H16O2/c1-3-12-6-4-5-7-14(12)15-10-13-9-8-11(2)16-13/h4-9H,3,10H2,1-2H3. The number of rotatable bonds is 4. The van der Waals surface area contributed by atoms with Gasteiger partial charge in [-0.3, -0.25) is 0 Å². The predicted molar refractivity (Wildman–Crippen MR) is 63.6 cm³/mol. The van der Waals surface area contributed by atoms with Crippen LogP contribution >= 0.6 is 0 Å². The Balaban J connectivity index is 2.04. The molecular formula is C14H16O2. The fourth-order valence-electron chi connectivity index (χ4n) is 1.65. The molecule has 0 radical (unpaired) electrons. The highest BCUT2D eigenvalue weighted by Gasteiger charge is 2.03.